The van der Waals surface area contributed by atoms with E-state index in [1.807, 2.05) is 0 Å². The Morgan fingerprint density at radius 1 is 1.21 bits per heavy atom. The van der Waals surface area contributed by atoms with Crippen LogP contribution in [0.25, 0.3) is 10.2 Å². The molecule has 0 unspecified atom stereocenters. The van der Waals surface area contributed by atoms with Crippen LogP contribution in [0.15, 0.2) is 56.8 Å². The minimum atomic E-state index is -3.40. The first-order chi connectivity index (χ1) is 13.7. The summed E-state index contributed by atoms with van der Waals surface area (Å²) >= 11 is 4.45. The fourth-order valence-corrected chi connectivity index (χ4v) is 4.82. The molecule has 2 aromatic carbocycles. The minimum Gasteiger partial charge on any atom is -0.465 e. The lowest BCUT2D eigenvalue weighted by Gasteiger charge is -2.05. The molecule has 0 saturated carbocycles. The van der Waals surface area contributed by atoms with Gasteiger partial charge in [0.1, 0.15) is 6.54 Å². The lowest BCUT2D eigenvalue weighted by Crippen LogP contribution is -2.23. The zero-order valence-electron chi connectivity index (χ0n) is 15.6. The van der Waals surface area contributed by atoms with Gasteiger partial charge in [-0.25, -0.2) is 8.42 Å². The number of hydrogen-bond donors (Lipinski definition) is 0. The summed E-state index contributed by atoms with van der Waals surface area (Å²) in [6.45, 7) is 1.79. The van der Waals surface area contributed by atoms with Crippen molar-refractivity contribution >= 4 is 59.2 Å². The van der Waals surface area contributed by atoms with Crippen molar-refractivity contribution < 1.29 is 22.7 Å². The molecule has 0 aliphatic carbocycles. The maximum atomic E-state index is 12.6. The van der Waals surface area contributed by atoms with Crippen molar-refractivity contribution in [2.45, 2.75) is 18.4 Å². The lowest BCUT2D eigenvalue weighted by atomic mass is 10.2. The van der Waals surface area contributed by atoms with Crippen molar-refractivity contribution in [1.82, 2.24) is 4.57 Å². The molecule has 3 aromatic rings. The van der Waals surface area contributed by atoms with E-state index in [-0.39, 0.29) is 22.8 Å². The van der Waals surface area contributed by atoms with Crippen molar-refractivity contribution in [3.05, 3.63) is 57.3 Å². The van der Waals surface area contributed by atoms with E-state index in [2.05, 4.69) is 20.9 Å². The van der Waals surface area contributed by atoms with Gasteiger partial charge in [-0.3, -0.25) is 9.59 Å². The summed E-state index contributed by atoms with van der Waals surface area (Å²) in [6.07, 6.45) is 1.12. The molecule has 0 bridgehead atoms. The Kier molecular flexibility index (Phi) is 6.35. The van der Waals surface area contributed by atoms with Crippen LogP contribution in [0.1, 0.15) is 17.3 Å². The molecule has 7 nitrogen and oxygen atoms in total. The van der Waals surface area contributed by atoms with Gasteiger partial charge >= 0.3 is 5.97 Å². The van der Waals surface area contributed by atoms with Crippen LogP contribution >= 0.6 is 27.3 Å². The average Bonchev–Trinajstić information content (AvgIpc) is 2.97. The number of hydrogen-bond acceptors (Lipinski definition) is 6. The topological polar surface area (TPSA) is 94.8 Å². The highest BCUT2D eigenvalue weighted by atomic mass is 79.9. The van der Waals surface area contributed by atoms with Gasteiger partial charge in [0.05, 0.1) is 21.7 Å². The summed E-state index contributed by atoms with van der Waals surface area (Å²) in [5, 5.41) is 0. The number of fused-ring (bicyclic) bond motifs is 1. The highest BCUT2D eigenvalue weighted by Crippen LogP contribution is 2.22. The number of rotatable bonds is 5. The van der Waals surface area contributed by atoms with E-state index in [0.29, 0.717) is 15.8 Å². The summed E-state index contributed by atoms with van der Waals surface area (Å²) in [4.78, 5) is 29.3. The highest BCUT2D eigenvalue weighted by molar-refractivity contribution is 9.10. The molecular weight excluding hydrogens is 480 g/mol. The molecule has 1 aromatic heterocycles. The van der Waals surface area contributed by atoms with Crippen LogP contribution in [0.2, 0.25) is 0 Å². The van der Waals surface area contributed by atoms with E-state index in [9.17, 15) is 18.0 Å². The van der Waals surface area contributed by atoms with Crippen molar-refractivity contribution in [3.63, 3.8) is 0 Å². The maximum absolute atomic E-state index is 12.6. The number of carbonyl (C=O) groups is 2. The highest BCUT2D eigenvalue weighted by Gasteiger charge is 2.15. The van der Waals surface area contributed by atoms with Gasteiger partial charge in [-0.1, -0.05) is 33.3 Å². The number of aromatic nitrogens is 1. The zero-order chi connectivity index (χ0) is 21.2. The van der Waals surface area contributed by atoms with E-state index in [4.69, 9.17) is 4.74 Å². The number of halogens is 1. The van der Waals surface area contributed by atoms with Gasteiger partial charge in [-0.15, -0.1) is 0 Å². The maximum Gasteiger partial charge on any atom is 0.326 e. The summed E-state index contributed by atoms with van der Waals surface area (Å²) in [5.41, 5.74) is 0.979. The van der Waals surface area contributed by atoms with Gasteiger partial charge in [-0.05, 0) is 43.3 Å². The predicted octanol–water partition coefficient (Wildman–Crippen LogP) is 3.17. The summed E-state index contributed by atoms with van der Waals surface area (Å²) in [7, 11) is -3.40. The third-order valence-corrected chi connectivity index (χ3v) is 6.59. The predicted molar refractivity (Wildman–Crippen MR) is 114 cm³/mol. The first kappa shape index (κ1) is 21.4. The number of sulfone groups is 1. The molecule has 0 N–H and O–H groups in total. The minimum absolute atomic E-state index is 0.142. The van der Waals surface area contributed by atoms with Crippen LogP contribution in [0.3, 0.4) is 0 Å². The Labute approximate surface area is 179 Å². The molecular formula is C19H17BrN2O5S2. The van der Waals surface area contributed by atoms with E-state index >= 15 is 0 Å². The number of benzene rings is 2. The standard InChI is InChI=1S/C19H17BrN2O5S2/c1-3-27-17(23)11-22-15-8-7-14(29(2,25)26)10-16(15)28-19(22)21-18(24)12-5-4-6-13(20)9-12/h4-10H,3,11H2,1-2H3. The van der Waals surface area contributed by atoms with E-state index in [1.54, 1.807) is 41.8 Å². The number of carbonyl (C=O) groups excluding carboxylic acids is 2. The second-order valence-electron chi connectivity index (χ2n) is 6.10. The molecule has 0 spiro atoms. The molecule has 0 atom stereocenters. The second kappa shape index (κ2) is 8.60. The van der Waals surface area contributed by atoms with Crippen LogP contribution in [0.4, 0.5) is 0 Å². The van der Waals surface area contributed by atoms with Gasteiger partial charge in [0, 0.05) is 16.3 Å². The second-order valence-corrected chi connectivity index (χ2v) is 10.0. The third kappa shape index (κ3) is 5.01. The van der Waals surface area contributed by atoms with Gasteiger partial charge < -0.3 is 9.30 Å². The number of amides is 1. The normalized spacial score (nSPS) is 12.3. The molecule has 0 aliphatic rings. The number of ether oxygens (including phenoxy) is 1. The SMILES string of the molecule is CCOC(=O)Cn1c(=NC(=O)c2cccc(Br)c2)sc2cc(S(C)(=O)=O)ccc21. The fourth-order valence-electron chi connectivity index (χ4n) is 2.63. The Bertz CT molecular complexity index is 1280. The summed E-state index contributed by atoms with van der Waals surface area (Å²) in [6, 6.07) is 11.4. The molecule has 0 radical (unpaired) electrons. The van der Waals surface area contributed by atoms with Gasteiger partial charge in [0.2, 0.25) is 0 Å². The molecule has 0 fully saturated rings. The van der Waals surface area contributed by atoms with Crippen LogP contribution < -0.4 is 4.80 Å². The Balaban J connectivity index is 2.17. The Morgan fingerprint density at radius 3 is 2.62 bits per heavy atom. The summed E-state index contributed by atoms with van der Waals surface area (Å²) < 4.78 is 31.6. The van der Waals surface area contributed by atoms with Crippen LogP contribution in [0.5, 0.6) is 0 Å². The largest absolute Gasteiger partial charge is 0.465 e. The van der Waals surface area contributed by atoms with Crippen molar-refractivity contribution in [2.75, 3.05) is 12.9 Å². The van der Waals surface area contributed by atoms with Crippen molar-refractivity contribution in [2.24, 2.45) is 4.99 Å². The Morgan fingerprint density at radius 2 is 1.97 bits per heavy atom. The number of nitrogens with zero attached hydrogens (tertiary/aromatic N) is 2. The van der Waals surface area contributed by atoms with Crippen molar-refractivity contribution in [1.29, 1.82) is 0 Å². The number of esters is 1. The molecule has 152 valence electrons. The quantitative estimate of drug-likeness (QED) is 0.505. The number of thiazole rings is 1. The zero-order valence-corrected chi connectivity index (χ0v) is 18.8. The lowest BCUT2D eigenvalue weighted by molar-refractivity contribution is -0.143. The fraction of sp³-hybridized carbons (Fsp3) is 0.211. The van der Waals surface area contributed by atoms with Crippen LogP contribution in [-0.4, -0.2) is 37.7 Å². The molecule has 0 aliphatic heterocycles. The van der Waals surface area contributed by atoms with Gasteiger partial charge in [0.25, 0.3) is 5.91 Å². The van der Waals surface area contributed by atoms with E-state index in [0.717, 1.165) is 22.1 Å². The molecule has 0 saturated heterocycles. The van der Waals surface area contributed by atoms with E-state index < -0.39 is 21.7 Å². The average molecular weight is 497 g/mol. The first-order valence-corrected chi connectivity index (χ1v) is 12.0. The molecule has 3 rings (SSSR count). The monoisotopic (exact) mass is 496 g/mol. The van der Waals surface area contributed by atoms with Gasteiger partial charge in [0.15, 0.2) is 14.6 Å². The first-order valence-electron chi connectivity index (χ1n) is 8.52. The third-order valence-electron chi connectivity index (χ3n) is 3.94. The van der Waals surface area contributed by atoms with Crippen LogP contribution in [-0.2, 0) is 25.9 Å². The van der Waals surface area contributed by atoms with Gasteiger partial charge in [-0.2, -0.15) is 4.99 Å². The van der Waals surface area contributed by atoms with E-state index in [1.165, 1.54) is 12.1 Å². The molecule has 29 heavy (non-hydrogen) atoms. The summed E-state index contributed by atoms with van der Waals surface area (Å²) in [5.74, 6) is -0.949. The Hall–Kier alpha value is -2.30. The molecule has 1 heterocycles. The van der Waals surface area contributed by atoms with Crippen LogP contribution in [0, 0.1) is 0 Å². The molecule has 10 heteroatoms. The molecule has 1 amide bonds. The van der Waals surface area contributed by atoms with Crippen molar-refractivity contribution in [3.8, 4) is 0 Å². The smallest absolute Gasteiger partial charge is 0.326 e.